The van der Waals surface area contributed by atoms with Crippen LogP contribution in [0.15, 0.2) is 6.07 Å². The molecule has 2 aliphatic rings. The standard InChI is InChI=1S/C14H21N3O2/c18-13-6-2-1-4-10(13)9-15-14(19)12-8-11-5-3-7-17(11)16-12/h8,10,13,18H,1-7,9H2,(H,15,19)/t10-,13+/m1/s1. The van der Waals surface area contributed by atoms with Crippen LogP contribution >= 0.6 is 0 Å². The van der Waals surface area contributed by atoms with Crippen molar-refractivity contribution in [1.82, 2.24) is 15.1 Å². The predicted octanol–water partition coefficient (Wildman–Crippen LogP) is 1.11. The molecule has 2 heterocycles. The zero-order valence-corrected chi connectivity index (χ0v) is 11.1. The number of aryl methyl sites for hydroxylation is 2. The third-order valence-electron chi connectivity index (χ3n) is 4.29. The van der Waals surface area contributed by atoms with Crippen LogP contribution in [-0.2, 0) is 13.0 Å². The second-order valence-electron chi connectivity index (χ2n) is 5.67. The lowest BCUT2D eigenvalue weighted by Gasteiger charge is -2.27. The molecule has 0 bridgehead atoms. The lowest BCUT2D eigenvalue weighted by molar-refractivity contribution is 0.0661. The number of aliphatic hydroxyl groups is 1. The van der Waals surface area contributed by atoms with Gasteiger partial charge >= 0.3 is 0 Å². The van der Waals surface area contributed by atoms with Crippen molar-refractivity contribution in [1.29, 1.82) is 0 Å². The Balaban J connectivity index is 1.55. The van der Waals surface area contributed by atoms with Crippen LogP contribution in [0.4, 0.5) is 0 Å². The molecule has 1 aliphatic heterocycles. The zero-order valence-electron chi connectivity index (χ0n) is 11.1. The minimum Gasteiger partial charge on any atom is -0.393 e. The molecule has 19 heavy (non-hydrogen) atoms. The fourth-order valence-corrected chi connectivity index (χ4v) is 3.11. The van der Waals surface area contributed by atoms with Crippen LogP contribution in [0.3, 0.4) is 0 Å². The maximum atomic E-state index is 12.0. The van der Waals surface area contributed by atoms with Gasteiger partial charge in [-0.15, -0.1) is 0 Å². The van der Waals surface area contributed by atoms with Gasteiger partial charge in [-0.25, -0.2) is 0 Å². The fourth-order valence-electron chi connectivity index (χ4n) is 3.11. The molecule has 0 radical (unpaired) electrons. The van der Waals surface area contributed by atoms with Gasteiger partial charge in [0.1, 0.15) is 5.69 Å². The first-order chi connectivity index (χ1) is 9.24. The highest BCUT2D eigenvalue weighted by atomic mass is 16.3. The molecule has 104 valence electrons. The summed E-state index contributed by atoms with van der Waals surface area (Å²) in [5, 5.41) is 17.1. The Bertz CT molecular complexity index is 448. The normalized spacial score (nSPS) is 26.2. The Kier molecular flexibility index (Phi) is 3.55. The van der Waals surface area contributed by atoms with E-state index in [4.69, 9.17) is 0 Å². The Morgan fingerprint density at radius 3 is 3.05 bits per heavy atom. The summed E-state index contributed by atoms with van der Waals surface area (Å²) in [4.78, 5) is 12.0. The molecule has 2 atom stereocenters. The Hall–Kier alpha value is -1.36. The van der Waals surface area contributed by atoms with E-state index in [1.54, 1.807) is 0 Å². The van der Waals surface area contributed by atoms with Crippen molar-refractivity contribution in [2.24, 2.45) is 5.92 Å². The van der Waals surface area contributed by atoms with Crippen molar-refractivity contribution < 1.29 is 9.90 Å². The van der Waals surface area contributed by atoms with Gasteiger partial charge in [-0.3, -0.25) is 9.48 Å². The van der Waals surface area contributed by atoms with E-state index in [1.807, 2.05) is 10.7 Å². The molecule has 3 rings (SSSR count). The quantitative estimate of drug-likeness (QED) is 0.858. The summed E-state index contributed by atoms with van der Waals surface area (Å²) in [5.74, 6) is 0.0897. The molecule has 0 spiro atoms. The van der Waals surface area contributed by atoms with Crippen LogP contribution in [0.2, 0.25) is 0 Å². The topological polar surface area (TPSA) is 67.2 Å². The molecule has 0 aromatic carbocycles. The smallest absolute Gasteiger partial charge is 0.271 e. The highest BCUT2D eigenvalue weighted by Crippen LogP contribution is 2.23. The zero-order chi connectivity index (χ0) is 13.2. The molecule has 5 nitrogen and oxygen atoms in total. The average Bonchev–Trinajstić information content (AvgIpc) is 2.98. The second-order valence-corrected chi connectivity index (χ2v) is 5.67. The number of rotatable bonds is 3. The van der Waals surface area contributed by atoms with Gasteiger partial charge < -0.3 is 10.4 Å². The van der Waals surface area contributed by atoms with E-state index in [0.29, 0.717) is 12.2 Å². The first-order valence-corrected chi connectivity index (χ1v) is 7.27. The molecule has 1 aromatic rings. The van der Waals surface area contributed by atoms with Gasteiger partial charge in [0.2, 0.25) is 0 Å². The van der Waals surface area contributed by atoms with E-state index in [9.17, 15) is 9.90 Å². The SMILES string of the molecule is O=C(NC[C@H]1CCCC[C@@H]1O)c1cc2n(n1)CCC2. The molecule has 1 saturated carbocycles. The summed E-state index contributed by atoms with van der Waals surface area (Å²) in [6, 6.07) is 1.89. The van der Waals surface area contributed by atoms with Crippen LogP contribution in [0.5, 0.6) is 0 Å². The molecular weight excluding hydrogens is 242 g/mol. The molecule has 5 heteroatoms. The van der Waals surface area contributed by atoms with Gasteiger partial charge in [-0.2, -0.15) is 5.10 Å². The van der Waals surface area contributed by atoms with Crippen LogP contribution in [0.25, 0.3) is 0 Å². The molecule has 0 saturated heterocycles. The summed E-state index contributed by atoms with van der Waals surface area (Å²) >= 11 is 0. The monoisotopic (exact) mass is 263 g/mol. The number of carbonyl (C=O) groups is 1. The number of nitrogens with zero attached hydrogens (tertiary/aromatic N) is 2. The molecule has 1 amide bonds. The number of nitrogens with one attached hydrogen (secondary N) is 1. The minimum absolute atomic E-state index is 0.111. The maximum Gasteiger partial charge on any atom is 0.271 e. The number of carbonyl (C=O) groups excluding carboxylic acids is 1. The Morgan fingerprint density at radius 2 is 2.26 bits per heavy atom. The second kappa shape index (κ2) is 5.33. The van der Waals surface area contributed by atoms with Gasteiger partial charge in [-0.05, 0) is 31.7 Å². The van der Waals surface area contributed by atoms with Gasteiger partial charge in [-0.1, -0.05) is 12.8 Å². The van der Waals surface area contributed by atoms with E-state index in [0.717, 1.165) is 50.8 Å². The van der Waals surface area contributed by atoms with Gasteiger partial charge in [0.05, 0.1) is 6.10 Å². The number of aromatic nitrogens is 2. The predicted molar refractivity (Wildman–Crippen MR) is 70.8 cm³/mol. The van der Waals surface area contributed by atoms with E-state index >= 15 is 0 Å². The summed E-state index contributed by atoms with van der Waals surface area (Å²) in [6.07, 6.45) is 5.98. The Morgan fingerprint density at radius 1 is 1.42 bits per heavy atom. The van der Waals surface area contributed by atoms with Crippen molar-refractivity contribution in [2.75, 3.05) is 6.54 Å². The van der Waals surface area contributed by atoms with Crippen LogP contribution in [0, 0.1) is 5.92 Å². The van der Waals surface area contributed by atoms with Gasteiger partial charge in [0.25, 0.3) is 5.91 Å². The number of amides is 1. The average molecular weight is 263 g/mol. The van der Waals surface area contributed by atoms with Crippen LogP contribution in [0.1, 0.15) is 48.3 Å². The van der Waals surface area contributed by atoms with Crippen molar-refractivity contribution in [3.8, 4) is 0 Å². The summed E-state index contributed by atoms with van der Waals surface area (Å²) in [7, 11) is 0. The van der Waals surface area contributed by atoms with E-state index < -0.39 is 0 Å². The van der Waals surface area contributed by atoms with Crippen molar-refractivity contribution in [3.63, 3.8) is 0 Å². The first-order valence-electron chi connectivity index (χ1n) is 7.27. The van der Waals surface area contributed by atoms with Crippen LogP contribution in [-0.4, -0.2) is 33.4 Å². The number of fused-ring (bicyclic) bond motifs is 1. The number of hydrogen-bond acceptors (Lipinski definition) is 3. The van der Waals surface area contributed by atoms with E-state index in [1.165, 1.54) is 0 Å². The molecular formula is C14H21N3O2. The number of aliphatic hydroxyl groups excluding tert-OH is 1. The summed E-state index contributed by atoms with van der Waals surface area (Å²) in [6.45, 7) is 1.48. The van der Waals surface area contributed by atoms with Crippen LogP contribution < -0.4 is 5.32 Å². The Labute approximate surface area is 113 Å². The third kappa shape index (κ3) is 2.66. The molecule has 1 fully saturated rings. The molecule has 1 aliphatic carbocycles. The molecule has 0 unspecified atom stereocenters. The minimum atomic E-state index is -0.263. The highest BCUT2D eigenvalue weighted by molar-refractivity contribution is 5.92. The summed E-state index contributed by atoms with van der Waals surface area (Å²) < 4.78 is 1.92. The molecule has 2 N–H and O–H groups in total. The molecule has 1 aromatic heterocycles. The van der Waals surface area contributed by atoms with E-state index in [2.05, 4.69) is 10.4 Å². The van der Waals surface area contributed by atoms with Crippen molar-refractivity contribution in [2.45, 2.75) is 51.2 Å². The van der Waals surface area contributed by atoms with Crippen molar-refractivity contribution >= 4 is 5.91 Å². The summed E-state index contributed by atoms with van der Waals surface area (Å²) in [5.41, 5.74) is 1.67. The third-order valence-corrected chi connectivity index (χ3v) is 4.29. The van der Waals surface area contributed by atoms with Gasteiger partial charge in [0.15, 0.2) is 0 Å². The van der Waals surface area contributed by atoms with Crippen molar-refractivity contribution in [3.05, 3.63) is 17.5 Å². The first kappa shape index (κ1) is 12.7. The lowest BCUT2D eigenvalue weighted by atomic mass is 9.86. The lowest BCUT2D eigenvalue weighted by Crippen LogP contribution is -2.36. The number of hydrogen-bond donors (Lipinski definition) is 2. The highest BCUT2D eigenvalue weighted by Gasteiger charge is 2.24. The maximum absolute atomic E-state index is 12.0. The van der Waals surface area contributed by atoms with E-state index in [-0.39, 0.29) is 17.9 Å². The largest absolute Gasteiger partial charge is 0.393 e. The fraction of sp³-hybridized carbons (Fsp3) is 0.714. The van der Waals surface area contributed by atoms with Gasteiger partial charge in [0, 0.05) is 24.7 Å².